The van der Waals surface area contributed by atoms with Crippen LogP contribution < -0.4 is 0 Å². The lowest BCUT2D eigenvalue weighted by molar-refractivity contribution is 0.0736. The first-order valence-corrected chi connectivity index (χ1v) is 6.68. The van der Waals surface area contributed by atoms with Crippen LogP contribution in [-0.4, -0.2) is 33.6 Å². The Morgan fingerprint density at radius 1 is 1.37 bits per heavy atom. The van der Waals surface area contributed by atoms with E-state index in [2.05, 4.69) is 22.3 Å². The number of likely N-dealkylation sites (tertiary alicyclic amines) is 1. The van der Waals surface area contributed by atoms with E-state index in [9.17, 15) is 4.79 Å². The molecular formula is C15H17N3O. The minimum Gasteiger partial charge on any atom is -0.335 e. The zero-order chi connectivity index (χ0) is 13.1. The fraction of sp³-hybridized carbons (Fsp3) is 0.333. The second-order valence-electron chi connectivity index (χ2n) is 4.97. The molecule has 1 amide bonds. The van der Waals surface area contributed by atoms with Gasteiger partial charge < -0.3 is 4.90 Å². The summed E-state index contributed by atoms with van der Waals surface area (Å²) >= 11 is 0. The van der Waals surface area contributed by atoms with Gasteiger partial charge in [-0.1, -0.05) is 30.3 Å². The number of nitrogens with one attached hydrogen (secondary N) is 1. The second-order valence-corrected chi connectivity index (χ2v) is 4.97. The molecule has 0 radical (unpaired) electrons. The van der Waals surface area contributed by atoms with Crippen molar-refractivity contribution in [1.29, 1.82) is 0 Å². The normalized spacial score (nSPS) is 18.7. The van der Waals surface area contributed by atoms with Gasteiger partial charge in [0.1, 0.15) is 0 Å². The molecule has 0 bridgehead atoms. The molecule has 1 N–H and O–H groups in total. The van der Waals surface area contributed by atoms with Gasteiger partial charge in [-0.25, -0.2) is 0 Å². The minimum absolute atomic E-state index is 0.0900. The number of aromatic nitrogens is 2. The smallest absolute Gasteiger partial charge is 0.257 e. The van der Waals surface area contributed by atoms with Crippen molar-refractivity contribution in [1.82, 2.24) is 15.1 Å². The highest BCUT2D eigenvalue weighted by Crippen LogP contribution is 2.23. The van der Waals surface area contributed by atoms with Crippen LogP contribution in [-0.2, 0) is 6.42 Å². The lowest BCUT2D eigenvalue weighted by Crippen LogP contribution is -2.36. The number of hydrogen-bond acceptors (Lipinski definition) is 2. The van der Waals surface area contributed by atoms with Gasteiger partial charge in [0.15, 0.2) is 0 Å². The molecule has 4 nitrogen and oxygen atoms in total. The van der Waals surface area contributed by atoms with Gasteiger partial charge >= 0.3 is 0 Å². The highest BCUT2D eigenvalue weighted by molar-refractivity contribution is 5.94. The molecule has 19 heavy (non-hydrogen) atoms. The maximum Gasteiger partial charge on any atom is 0.257 e. The molecule has 1 aliphatic heterocycles. The Balaban J connectivity index is 1.73. The summed E-state index contributed by atoms with van der Waals surface area (Å²) in [6.07, 6.45) is 6.37. The van der Waals surface area contributed by atoms with E-state index in [0.29, 0.717) is 11.6 Å². The molecular weight excluding hydrogens is 238 g/mol. The first-order valence-electron chi connectivity index (χ1n) is 6.68. The molecule has 1 atom stereocenters. The van der Waals surface area contributed by atoms with Crippen molar-refractivity contribution >= 4 is 5.91 Å². The number of benzene rings is 1. The summed E-state index contributed by atoms with van der Waals surface area (Å²) in [6.45, 7) is 0.849. The van der Waals surface area contributed by atoms with Crippen LogP contribution in [0.2, 0.25) is 0 Å². The zero-order valence-electron chi connectivity index (χ0n) is 10.7. The summed E-state index contributed by atoms with van der Waals surface area (Å²) in [5.74, 6) is 0.0900. The maximum absolute atomic E-state index is 12.4. The Bertz CT molecular complexity index is 536. The van der Waals surface area contributed by atoms with Crippen LogP contribution in [0.1, 0.15) is 28.8 Å². The van der Waals surface area contributed by atoms with E-state index in [1.165, 1.54) is 5.56 Å². The average Bonchev–Trinajstić information content (AvgIpc) is 3.10. The van der Waals surface area contributed by atoms with Gasteiger partial charge in [-0.2, -0.15) is 5.10 Å². The Kier molecular flexibility index (Phi) is 3.31. The third-order valence-corrected chi connectivity index (χ3v) is 3.70. The lowest BCUT2D eigenvalue weighted by Gasteiger charge is -2.24. The number of carbonyl (C=O) groups excluding carboxylic acids is 1. The van der Waals surface area contributed by atoms with Gasteiger partial charge in [-0.05, 0) is 24.8 Å². The Morgan fingerprint density at radius 2 is 2.21 bits per heavy atom. The van der Waals surface area contributed by atoms with Crippen molar-refractivity contribution in [3.05, 3.63) is 53.9 Å². The Labute approximate surface area is 112 Å². The molecule has 1 aromatic carbocycles. The molecule has 1 unspecified atom stereocenters. The number of amides is 1. The fourth-order valence-corrected chi connectivity index (χ4v) is 2.74. The van der Waals surface area contributed by atoms with E-state index in [4.69, 9.17) is 0 Å². The van der Waals surface area contributed by atoms with Crippen molar-refractivity contribution in [2.24, 2.45) is 0 Å². The second kappa shape index (κ2) is 5.26. The number of rotatable bonds is 3. The van der Waals surface area contributed by atoms with Crippen LogP contribution >= 0.6 is 0 Å². The van der Waals surface area contributed by atoms with Crippen LogP contribution in [0.25, 0.3) is 0 Å². The first-order chi connectivity index (χ1) is 9.34. The first kappa shape index (κ1) is 12.0. The third-order valence-electron chi connectivity index (χ3n) is 3.70. The predicted molar refractivity (Wildman–Crippen MR) is 72.8 cm³/mol. The van der Waals surface area contributed by atoms with Crippen molar-refractivity contribution in [3.8, 4) is 0 Å². The number of aromatic amines is 1. The van der Waals surface area contributed by atoms with Crippen LogP contribution in [0.5, 0.6) is 0 Å². The minimum atomic E-state index is 0.0900. The van der Waals surface area contributed by atoms with E-state index in [-0.39, 0.29) is 5.91 Å². The van der Waals surface area contributed by atoms with Gasteiger partial charge in [0, 0.05) is 18.8 Å². The van der Waals surface area contributed by atoms with Crippen LogP contribution in [0.15, 0.2) is 42.7 Å². The summed E-state index contributed by atoms with van der Waals surface area (Å²) in [6, 6.07) is 10.7. The Morgan fingerprint density at radius 3 is 2.95 bits per heavy atom. The fourth-order valence-electron chi connectivity index (χ4n) is 2.74. The summed E-state index contributed by atoms with van der Waals surface area (Å²) in [5, 5.41) is 6.55. The van der Waals surface area contributed by atoms with Crippen LogP contribution in [0.3, 0.4) is 0 Å². The average molecular weight is 255 g/mol. The number of nitrogens with zero attached hydrogens (tertiary/aromatic N) is 2. The summed E-state index contributed by atoms with van der Waals surface area (Å²) in [7, 11) is 0. The molecule has 1 fully saturated rings. The molecule has 2 heterocycles. The van der Waals surface area contributed by atoms with E-state index >= 15 is 0 Å². The van der Waals surface area contributed by atoms with Crippen molar-refractivity contribution in [2.45, 2.75) is 25.3 Å². The highest BCUT2D eigenvalue weighted by Gasteiger charge is 2.29. The topological polar surface area (TPSA) is 49.0 Å². The van der Waals surface area contributed by atoms with E-state index in [0.717, 1.165) is 25.8 Å². The maximum atomic E-state index is 12.4. The summed E-state index contributed by atoms with van der Waals surface area (Å²) in [5.41, 5.74) is 1.94. The third kappa shape index (κ3) is 2.52. The van der Waals surface area contributed by atoms with Gasteiger partial charge in [0.2, 0.25) is 0 Å². The van der Waals surface area contributed by atoms with Gasteiger partial charge in [0.25, 0.3) is 5.91 Å². The van der Waals surface area contributed by atoms with Gasteiger partial charge in [-0.3, -0.25) is 9.89 Å². The number of carbonyl (C=O) groups is 1. The van der Waals surface area contributed by atoms with E-state index in [1.54, 1.807) is 12.4 Å². The SMILES string of the molecule is O=C(c1cn[nH]c1)N1CCCC1Cc1ccccc1. The predicted octanol–water partition coefficient (Wildman–Crippen LogP) is 2.26. The number of H-pyrrole nitrogens is 1. The van der Waals surface area contributed by atoms with Crippen LogP contribution in [0, 0.1) is 0 Å². The highest BCUT2D eigenvalue weighted by atomic mass is 16.2. The summed E-state index contributed by atoms with van der Waals surface area (Å²) in [4.78, 5) is 14.4. The summed E-state index contributed by atoms with van der Waals surface area (Å²) < 4.78 is 0. The van der Waals surface area contributed by atoms with E-state index < -0.39 is 0 Å². The number of hydrogen-bond donors (Lipinski definition) is 1. The molecule has 1 aromatic heterocycles. The molecule has 0 spiro atoms. The van der Waals surface area contributed by atoms with Crippen molar-refractivity contribution in [3.63, 3.8) is 0 Å². The standard InChI is InChI=1S/C15H17N3O/c19-15(13-10-16-17-11-13)18-8-4-7-14(18)9-12-5-2-1-3-6-12/h1-3,5-6,10-11,14H,4,7-9H2,(H,16,17). The van der Waals surface area contributed by atoms with Gasteiger partial charge in [0.05, 0.1) is 11.8 Å². The van der Waals surface area contributed by atoms with Crippen LogP contribution in [0.4, 0.5) is 0 Å². The molecule has 98 valence electrons. The molecule has 0 aliphatic carbocycles. The van der Waals surface area contributed by atoms with E-state index in [1.807, 2.05) is 23.1 Å². The molecule has 3 rings (SSSR count). The molecule has 1 saturated heterocycles. The molecule has 4 heteroatoms. The lowest BCUT2D eigenvalue weighted by atomic mass is 10.0. The Hall–Kier alpha value is -2.10. The zero-order valence-corrected chi connectivity index (χ0v) is 10.7. The molecule has 0 saturated carbocycles. The largest absolute Gasteiger partial charge is 0.335 e. The van der Waals surface area contributed by atoms with Gasteiger partial charge in [-0.15, -0.1) is 0 Å². The molecule has 2 aromatic rings. The monoisotopic (exact) mass is 255 g/mol. The quantitative estimate of drug-likeness (QED) is 0.914. The molecule has 1 aliphatic rings. The van der Waals surface area contributed by atoms with Crippen molar-refractivity contribution in [2.75, 3.05) is 6.54 Å². The van der Waals surface area contributed by atoms with Crippen molar-refractivity contribution < 1.29 is 4.79 Å².